The Labute approximate surface area is 90.2 Å². The van der Waals surface area contributed by atoms with Gasteiger partial charge in [0.05, 0.1) is 6.54 Å². The van der Waals surface area contributed by atoms with Crippen LogP contribution in [0.4, 0.5) is 0 Å². The molecule has 0 fully saturated rings. The van der Waals surface area contributed by atoms with Crippen LogP contribution >= 0.6 is 12.6 Å². The SMILES string of the molecule is CCCCNC(=O)CNC(=O)CCS. The quantitative estimate of drug-likeness (QED) is 0.426. The second-order valence-corrected chi connectivity index (χ2v) is 3.40. The first-order valence-corrected chi connectivity index (χ1v) is 5.48. The molecule has 0 aliphatic heterocycles. The van der Waals surface area contributed by atoms with E-state index in [-0.39, 0.29) is 18.4 Å². The Morgan fingerprint density at radius 1 is 1.21 bits per heavy atom. The number of nitrogens with one attached hydrogen (secondary N) is 2. The van der Waals surface area contributed by atoms with E-state index in [1.54, 1.807) is 0 Å². The molecule has 0 radical (unpaired) electrons. The molecule has 0 unspecified atom stereocenters. The number of thiol groups is 1. The van der Waals surface area contributed by atoms with E-state index in [0.29, 0.717) is 18.7 Å². The summed E-state index contributed by atoms with van der Waals surface area (Å²) in [5.74, 6) is 0.236. The molecule has 0 aromatic rings. The zero-order valence-electron chi connectivity index (χ0n) is 8.51. The van der Waals surface area contributed by atoms with Gasteiger partial charge in [0.25, 0.3) is 0 Å². The van der Waals surface area contributed by atoms with E-state index in [4.69, 9.17) is 0 Å². The maximum Gasteiger partial charge on any atom is 0.239 e. The maximum absolute atomic E-state index is 11.1. The molecule has 0 rings (SSSR count). The van der Waals surface area contributed by atoms with Crippen LogP contribution in [0, 0.1) is 0 Å². The van der Waals surface area contributed by atoms with E-state index in [2.05, 4.69) is 30.2 Å². The van der Waals surface area contributed by atoms with Crippen molar-refractivity contribution >= 4 is 24.4 Å². The van der Waals surface area contributed by atoms with E-state index in [9.17, 15) is 9.59 Å². The summed E-state index contributed by atoms with van der Waals surface area (Å²) in [4.78, 5) is 22.0. The fraction of sp³-hybridized carbons (Fsp3) is 0.778. The topological polar surface area (TPSA) is 58.2 Å². The smallest absolute Gasteiger partial charge is 0.239 e. The number of carbonyl (C=O) groups excluding carboxylic acids is 2. The van der Waals surface area contributed by atoms with Gasteiger partial charge in [-0.2, -0.15) is 12.6 Å². The molecule has 0 aliphatic rings. The van der Waals surface area contributed by atoms with Crippen molar-refractivity contribution in [2.75, 3.05) is 18.8 Å². The van der Waals surface area contributed by atoms with Crippen molar-refractivity contribution in [1.29, 1.82) is 0 Å². The standard InChI is InChI=1S/C9H18N2O2S/c1-2-3-5-10-9(13)7-11-8(12)4-6-14/h14H,2-7H2,1H3,(H,10,13)(H,11,12). The molecule has 82 valence electrons. The van der Waals surface area contributed by atoms with Crippen molar-refractivity contribution in [3.8, 4) is 0 Å². The highest BCUT2D eigenvalue weighted by Crippen LogP contribution is 1.84. The highest BCUT2D eigenvalue weighted by atomic mass is 32.1. The molecule has 0 bridgehead atoms. The van der Waals surface area contributed by atoms with Crippen LogP contribution in [-0.4, -0.2) is 30.7 Å². The van der Waals surface area contributed by atoms with Gasteiger partial charge in [0, 0.05) is 13.0 Å². The van der Waals surface area contributed by atoms with Crippen LogP contribution in [0.15, 0.2) is 0 Å². The van der Waals surface area contributed by atoms with Crippen LogP contribution < -0.4 is 10.6 Å². The number of carbonyl (C=O) groups is 2. The van der Waals surface area contributed by atoms with E-state index in [1.165, 1.54) is 0 Å². The molecule has 4 nitrogen and oxygen atoms in total. The number of hydrogen-bond donors (Lipinski definition) is 3. The number of hydrogen-bond acceptors (Lipinski definition) is 3. The van der Waals surface area contributed by atoms with Gasteiger partial charge in [0.15, 0.2) is 0 Å². The lowest BCUT2D eigenvalue weighted by atomic mass is 10.3. The molecular weight excluding hydrogens is 200 g/mol. The van der Waals surface area contributed by atoms with Crippen LogP contribution in [-0.2, 0) is 9.59 Å². The first-order chi connectivity index (χ1) is 6.70. The van der Waals surface area contributed by atoms with E-state index in [1.807, 2.05) is 0 Å². The second-order valence-electron chi connectivity index (χ2n) is 2.95. The van der Waals surface area contributed by atoms with E-state index >= 15 is 0 Å². The lowest BCUT2D eigenvalue weighted by molar-refractivity contribution is -0.125. The molecule has 5 heteroatoms. The molecule has 0 heterocycles. The lowest BCUT2D eigenvalue weighted by Crippen LogP contribution is -2.37. The molecule has 0 spiro atoms. The van der Waals surface area contributed by atoms with Gasteiger partial charge >= 0.3 is 0 Å². The Morgan fingerprint density at radius 3 is 2.50 bits per heavy atom. The third kappa shape index (κ3) is 7.91. The average Bonchev–Trinajstić information content (AvgIpc) is 2.16. The minimum Gasteiger partial charge on any atom is -0.355 e. The largest absolute Gasteiger partial charge is 0.355 e. The molecule has 2 amide bonds. The van der Waals surface area contributed by atoms with Gasteiger partial charge in [-0.1, -0.05) is 13.3 Å². The fourth-order valence-corrected chi connectivity index (χ4v) is 1.04. The van der Waals surface area contributed by atoms with E-state index < -0.39 is 0 Å². The van der Waals surface area contributed by atoms with Gasteiger partial charge in [0.2, 0.25) is 11.8 Å². The zero-order valence-corrected chi connectivity index (χ0v) is 9.40. The summed E-state index contributed by atoms with van der Waals surface area (Å²) < 4.78 is 0. The number of rotatable bonds is 7. The summed E-state index contributed by atoms with van der Waals surface area (Å²) in [5, 5.41) is 5.22. The summed E-state index contributed by atoms with van der Waals surface area (Å²) in [5.41, 5.74) is 0. The summed E-state index contributed by atoms with van der Waals surface area (Å²) in [6.45, 7) is 2.80. The Morgan fingerprint density at radius 2 is 1.93 bits per heavy atom. The Bertz CT molecular complexity index is 186. The van der Waals surface area contributed by atoms with Crippen molar-refractivity contribution in [3.63, 3.8) is 0 Å². The van der Waals surface area contributed by atoms with Gasteiger partial charge in [-0.15, -0.1) is 0 Å². The predicted octanol–water partition coefficient (Wildman–Crippen LogP) is 0.339. The van der Waals surface area contributed by atoms with Crippen molar-refractivity contribution in [3.05, 3.63) is 0 Å². The minimum atomic E-state index is -0.134. The van der Waals surface area contributed by atoms with Gasteiger partial charge in [0.1, 0.15) is 0 Å². The minimum absolute atomic E-state index is 0.0658. The van der Waals surface area contributed by atoms with Crippen molar-refractivity contribution in [1.82, 2.24) is 10.6 Å². The third-order valence-electron chi connectivity index (χ3n) is 1.64. The van der Waals surface area contributed by atoms with E-state index in [0.717, 1.165) is 12.8 Å². The van der Waals surface area contributed by atoms with Crippen molar-refractivity contribution < 1.29 is 9.59 Å². The first kappa shape index (κ1) is 13.3. The van der Waals surface area contributed by atoms with Crippen LogP contribution in [0.25, 0.3) is 0 Å². The summed E-state index contributed by atoms with van der Waals surface area (Å²) in [7, 11) is 0. The Hall–Kier alpha value is -0.710. The molecule has 2 N–H and O–H groups in total. The van der Waals surface area contributed by atoms with Crippen LogP contribution in [0.2, 0.25) is 0 Å². The molecule has 14 heavy (non-hydrogen) atoms. The third-order valence-corrected chi connectivity index (χ3v) is 1.86. The monoisotopic (exact) mass is 218 g/mol. The number of amides is 2. The predicted molar refractivity (Wildman–Crippen MR) is 59.4 cm³/mol. The van der Waals surface area contributed by atoms with Gasteiger partial charge in [-0.3, -0.25) is 9.59 Å². The average molecular weight is 218 g/mol. The van der Waals surface area contributed by atoms with Crippen LogP contribution in [0.5, 0.6) is 0 Å². The number of unbranched alkanes of at least 4 members (excludes halogenated alkanes) is 1. The molecule has 0 saturated carbocycles. The fourth-order valence-electron chi connectivity index (χ4n) is 0.836. The normalized spacial score (nSPS) is 9.57. The van der Waals surface area contributed by atoms with Crippen LogP contribution in [0.3, 0.4) is 0 Å². The molecule has 0 aromatic carbocycles. The van der Waals surface area contributed by atoms with Gasteiger partial charge in [-0.25, -0.2) is 0 Å². The maximum atomic E-state index is 11.1. The van der Waals surface area contributed by atoms with Crippen molar-refractivity contribution in [2.24, 2.45) is 0 Å². The second kappa shape index (κ2) is 8.87. The molecular formula is C9H18N2O2S. The zero-order chi connectivity index (χ0) is 10.8. The van der Waals surface area contributed by atoms with Crippen molar-refractivity contribution in [2.45, 2.75) is 26.2 Å². The summed E-state index contributed by atoms with van der Waals surface area (Å²) >= 11 is 3.91. The molecule has 0 atom stereocenters. The summed E-state index contributed by atoms with van der Waals surface area (Å²) in [6.07, 6.45) is 2.37. The Balaban J connectivity index is 3.39. The first-order valence-electron chi connectivity index (χ1n) is 4.85. The van der Waals surface area contributed by atoms with Crippen LogP contribution in [0.1, 0.15) is 26.2 Å². The highest BCUT2D eigenvalue weighted by molar-refractivity contribution is 7.80. The Kier molecular flexibility index (Phi) is 8.42. The van der Waals surface area contributed by atoms with Gasteiger partial charge < -0.3 is 10.6 Å². The summed E-state index contributed by atoms with van der Waals surface area (Å²) in [6, 6.07) is 0. The molecule has 0 aliphatic carbocycles. The van der Waals surface area contributed by atoms with Gasteiger partial charge in [-0.05, 0) is 12.2 Å². The molecule has 0 aromatic heterocycles. The lowest BCUT2D eigenvalue weighted by Gasteiger charge is -2.05. The molecule has 0 saturated heterocycles. The highest BCUT2D eigenvalue weighted by Gasteiger charge is 2.03.